The highest BCUT2D eigenvalue weighted by Crippen LogP contribution is 2.29. The third kappa shape index (κ3) is 10.1. The normalized spacial score (nSPS) is 11.0. The van der Waals surface area contributed by atoms with Gasteiger partial charge in [-0.3, -0.25) is 9.59 Å². The van der Waals surface area contributed by atoms with Gasteiger partial charge >= 0.3 is 11.9 Å². The molecule has 0 aliphatic carbocycles. The second-order valence-corrected chi connectivity index (χ2v) is 11.1. The molecule has 0 aliphatic rings. The highest BCUT2D eigenvalue weighted by molar-refractivity contribution is 6.11. The zero-order chi connectivity index (χ0) is 35.2. The summed E-state index contributed by atoms with van der Waals surface area (Å²) in [6, 6.07) is 28.3. The van der Waals surface area contributed by atoms with Crippen LogP contribution in [-0.2, 0) is 9.59 Å². The minimum absolute atomic E-state index is 0.305. The monoisotopic (exact) mass is 658 g/mol. The number of anilines is 2. The Bertz CT molecular complexity index is 1670. The molecule has 49 heavy (non-hydrogen) atoms. The molecule has 0 aromatic heterocycles. The number of ketones is 2. The van der Waals surface area contributed by atoms with Gasteiger partial charge in [0.15, 0.2) is 11.6 Å². The fraction of sp³-hybridized carbons (Fsp3) is 0.220. The molecule has 4 aromatic carbocycles. The van der Waals surface area contributed by atoms with Crippen LogP contribution in [0.3, 0.4) is 0 Å². The van der Waals surface area contributed by atoms with Crippen molar-refractivity contribution in [3.8, 4) is 11.5 Å². The molecule has 0 saturated carbocycles. The van der Waals surface area contributed by atoms with Gasteiger partial charge in [0.05, 0.1) is 17.5 Å². The Morgan fingerprint density at radius 3 is 1.24 bits per heavy atom. The van der Waals surface area contributed by atoms with Gasteiger partial charge in [-0.25, -0.2) is 9.59 Å². The standard InChI is InChI=1S/C41H42N2O6/c1-5-42(6-2)34-23-19-30(38(27-34)48-40(46)32-15-11-9-12-16-32)21-25-36(44)29-37(45)26-22-31-20-24-35(43(7-3)8-4)28-39(31)49-41(47)33-17-13-10-14-18-33/h9-28H,5-8,29H2,1-4H3. The quantitative estimate of drug-likeness (QED) is 0.0517. The minimum Gasteiger partial charge on any atom is -0.422 e. The summed E-state index contributed by atoms with van der Waals surface area (Å²) in [5.41, 5.74) is 3.61. The van der Waals surface area contributed by atoms with Crippen LogP contribution in [-0.4, -0.2) is 49.7 Å². The lowest BCUT2D eigenvalue weighted by Gasteiger charge is -2.22. The van der Waals surface area contributed by atoms with Crippen LogP contribution in [0, 0.1) is 0 Å². The van der Waals surface area contributed by atoms with E-state index in [-0.39, 0.29) is 6.42 Å². The second-order valence-electron chi connectivity index (χ2n) is 11.1. The molecule has 0 fully saturated rings. The molecule has 0 saturated heterocycles. The van der Waals surface area contributed by atoms with Gasteiger partial charge in [-0.1, -0.05) is 36.4 Å². The Morgan fingerprint density at radius 1 is 0.531 bits per heavy atom. The topological polar surface area (TPSA) is 93.2 Å². The molecule has 252 valence electrons. The van der Waals surface area contributed by atoms with Crippen molar-refractivity contribution in [3.05, 3.63) is 131 Å². The molecule has 0 spiro atoms. The summed E-state index contributed by atoms with van der Waals surface area (Å²) < 4.78 is 11.5. The molecule has 4 rings (SSSR count). The average Bonchev–Trinajstić information content (AvgIpc) is 3.12. The van der Waals surface area contributed by atoms with Gasteiger partial charge in [0.1, 0.15) is 11.5 Å². The first kappa shape index (κ1) is 36.1. The van der Waals surface area contributed by atoms with E-state index in [1.54, 1.807) is 84.9 Å². The molecule has 4 aromatic rings. The number of allylic oxidation sites excluding steroid dienone is 2. The van der Waals surface area contributed by atoms with E-state index in [0.29, 0.717) is 33.8 Å². The summed E-state index contributed by atoms with van der Waals surface area (Å²) in [6.45, 7) is 11.2. The third-order valence-corrected chi connectivity index (χ3v) is 7.92. The Kier molecular flexibility index (Phi) is 13.2. The molecular weight excluding hydrogens is 616 g/mol. The maximum Gasteiger partial charge on any atom is 0.343 e. The maximum absolute atomic E-state index is 12.9. The fourth-order valence-electron chi connectivity index (χ4n) is 5.19. The van der Waals surface area contributed by atoms with Gasteiger partial charge in [0.2, 0.25) is 0 Å². The van der Waals surface area contributed by atoms with Gasteiger partial charge in [0.25, 0.3) is 0 Å². The molecule has 0 aliphatic heterocycles. The molecule has 8 nitrogen and oxygen atoms in total. The summed E-state index contributed by atoms with van der Waals surface area (Å²) in [4.78, 5) is 55.8. The van der Waals surface area contributed by atoms with Crippen LogP contribution in [0.1, 0.15) is 66.0 Å². The van der Waals surface area contributed by atoms with Crippen molar-refractivity contribution in [2.24, 2.45) is 0 Å². The van der Waals surface area contributed by atoms with Crippen LogP contribution in [0.2, 0.25) is 0 Å². The van der Waals surface area contributed by atoms with E-state index in [0.717, 1.165) is 37.6 Å². The third-order valence-electron chi connectivity index (χ3n) is 7.92. The second kappa shape index (κ2) is 18.0. The lowest BCUT2D eigenvalue weighted by molar-refractivity contribution is -0.121. The molecule has 0 unspecified atom stereocenters. The molecule has 0 atom stereocenters. The summed E-state index contributed by atoms with van der Waals surface area (Å²) in [5.74, 6) is -1.26. The van der Waals surface area contributed by atoms with Gasteiger partial charge in [0, 0.05) is 60.8 Å². The van der Waals surface area contributed by atoms with Gasteiger partial charge in [-0.05, 0) is 101 Å². The van der Waals surface area contributed by atoms with Gasteiger partial charge in [-0.2, -0.15) is 0 Å². The number of benzene rings is 4. The number of hydrogen-bond acceptors (Lipinski definition) is 8. The van der Waals surface area contributed by atoms with Crippen molar-refractivity contribution in [2.45, 2.75) is 34.1 Å². The summed E-state index contributed by atoms with van der Waals surface area (Å²) in [6.07, 6.45) is 5.34. The first-order valence-corrected chi connectivity index (χ1v) is 16.5. The van der Waals surface area contributed by atoms with Crippen molar-refractivity contribution in [2.75, 3.05) is 36.0 Å². The Balaban J connectivity index is 1.50. The summed E-state index contributed by atoms with van der Waals surface area (Å²) in [5, 5.41) is 0. The predicted molar refractivity (Wildman–Crippen MR) is 196 cm³/mol. The SMILES string of the molecule is CCN(CC)c1ccc(C=CC(=O)CC(=O)C=Cc2ccc(N(CC)CC)cc2OC(=O)c2ccccc2)c(OC(=O)c2ccccc2)c1. The number of carbonyl (C=O) groups excluding carboxylic acids is 4. The van der Waals surface area contributed by atoms with Crippen molar-refractivity contribution < 1.29 is 28.7 Å². The van der Waals surface area contributed by atoms with Crippen LogP contribution in [0.15, 0.2) is 109 Å². The highest BCUT2D eigenvalue weighted by atomic mass is 16.5. The smallest absolute Gasteiger partial charge is 0.343 e. The summed E-state index contributed by atoms with van der Waals surface area (Å²) >= 11 is 0. The molecule has 0 bridgehead atoms. The van der Waals surface area contributed by atoms with Crippen LogP contribution >= 0.6 is 0 Å². The minimum atomic E-state index is -0.516. The summed E-state index contributed by atoms with van der Waals surface area (Å²) in [7, 11) is 0. The number of carbonyl (C=O) groups is 4. The van der Waals surface area contributed by atoms with Gasteiger partial charge < -0.3 is 19.3 Å². The van der Waals surface area contributed by atoms with Crippen molar-refractivity contribution >= 4 is 47.0 Å². The predicted octanol–water partition coefficient (Wildman–Crippen LogP) is 8.07. The van der Waals surface area contributed by atoms with E-state index >= 15 is 0 Å². The van der Waals surface area contributed by atoms with E-state index in [1.165, 1.54) is 12.2 Å². The van der Waals surface area contributed by atoms with Crippen molar-refractivity contribution in [1.29, 1.82) is 0 Å². The number of rotatable bonds is 16. The number of ether oxygens (including phenoxy) is 2. The Hall–Kier alpha value is -5.76. The molecule has 0 amide bonds. The fourth-order valence-corrected chi connectivity index (χ4v) is 5.19. The lowest BCUT2D eigenvalue weighted by atomic mass is 10.1. The zero-order valence-electron chi connectivity index (χ0n) is 28.4. The van der Waals surface area contributed by atoms with Crippen LogP contribution in [0.4, 0.5) is 11.4 Å². The van der Waals surface area contributed by atoms with Crippen LogP contribution in [0.5, 0.6) is 11.5 Å². The zero-order valence-corrected chi connectivity index (χ0v) is 28.4. The number of hydrogen-bond donors (Lipinski definition) is 0. The first-order chi connectivity index (χ1) is 23.8. The molecule has 0 N–H and O–H groups in total. The number of nitrogens with zero attached hydrogens (tertiary/aromatic N) is 2. The highest BCUT2D eigenvalue weighted by Gasteiger charge is 2.16. The lowest BCUT2D eigenvalue weighted by Crippen LogP contribution is -2.22. The Labute approximate surface area is 288 Å². The van der Waals surface area contributed by atoms with E-state index in [9.17, 15) is 19.2 Å². The average molecular weight is 659 g/mol. The van der Waals surface area contributed by atoms with Gasteiger partial charge in [-0.15, -0.1) is 0 Å². The molecule has 0 radical (unpaired) electrons. The maximum atomic E-state index is 12.9. The van der Waals surface area contributed by atoms with E-state index in [2.05, 4.69) is 9.80 Å². The Morgan fingerprint density at radius 2 is 0.898 bits per heavy atom. The first-order valence-electron chi connectivity index (χ1n) is 16.5. The van der Waals surface area contributed by atoms with E-state index in [4.69, 9.17) is 9.47 Å². The van der Waals surface area contributed by atoms with Crippen LogP contribution in [0.25, 0.3) is 12.2 Å². The van der Waals surface area contributed by atoms with E-state index in [1.807, 2.05) is 52.0 Å². The van der Waals surface area contributed by atoms with Crippen LogP contribution < -0.4 is 19.3 Å². The molecule has 0 heterocycles. The largest absolute Gasteiger partial charge is 0.422 e. The molecular formula is C41H42N2O6. The molecule has 8 heteroatoms. The van der Waals surface area contributed by atoms with E-state index < -0.39 is 23.5 Å². The van der Waals surface area contributed by atoms with Crippen molar-refractivity contribution in [1.82, 2.24) is 0 Å². The van der Waals surface area contributed by atoms with Crippen molar-refractivity contribution in [3.63, 3.8) is 0 Å². The number of esters is 2.